The molecule has 0 bridgehead atoms. The molecule has 0 saturated heterocycles. The molecular weight excluding hydrogens is 244 g/mol. The lowest BCUT2D eigenvalue weighted by Crippen LogP contribution is -2.24. The third-order valence-electron chi connectivity index (χ3n) is 4.39. The normalized spacial score (nSPS) is 16.6. The molecule has 0 radical (unpaired) electrons. The standard InChI is InChI=1S/C19H40O/c1-16(2)10-7-12-18(5)13-9-15-19(6,20)14-8-11-17(3)4/h16-18,20H,7-15H2,1-6H3. The number of hydrogen-bond acceptors (Lipinski definition) is 1. The fourth-order valence-corrected chi connectivity index (χ4v) is 2.87. The third-order valence-corrected chi connectivity index (χ3v) is 4.39. The van der Waals surface area contributed by atoms with Gasteiger partial charge >= 0.3 is 0 Å². The van der Waals surface area contributed by atoms with Crippen LogP contribution in [-0.4, -0.2) is 10.7 Å². The van der Waals surface area contributed by atoms with Crippen molar-refractivity contribution in [2.45, 2.75) is 105 Å². The van der Waals surface area contributed by atoms with Crippen molar-refractivity contribution in [3.63, 3.8) is 0 Å². The SMILES string of the molecule is CC(C)CCCC(C)CCCC(C)(O)CCCC(C)C. The molecule has 1 N–H and O–H groups in total. The average molecular weight is 285 g/mol. The largest absolute Gasteiger partial charge is 0.390 e. The Morgan fingerprint density at radius 2 is 1.10 bits per heavy atom. The summed E-state index contributed by atoms with van der Waals surface area (Å²) in [5.74, 6) is 2.41. The number of aliphatic hydroxyl groups is 1. The summed E-state index contributed by atoms with van der Waals surface area (Å²) in [7, 11) is 0. The Balaban J connectivity index is 3.64. The Morgan fingerprint density at radius 1 is 0.700 bits per heavy atom. The zero-order valence-electron chi connectivity index (χ0n) is 15.0. The minimum Gasteiger partial charge on any atom is -0.390 e. The Bertz CT molecular complexity index is 218. The van der Waals surface area contributed by atoms with Gasteiger partial charge in [0, 0.05) is 0 Å². The van der Waals surface area contributed by atoms with Crippen LogP contribution in [0, 0.1) is 17.8 Å². The van der Waals surface area contributed by atoms with E-state index in [0.717, 1.165) is 37.0 Å². The summed E-state index contributed by atoms with van der Waals surface area (Å²) in [5.41, 5.74) is -0.438. The molecule has 0 aliphatic carbocycles. The second kappa shape index (κ2) is 10.7. The summed E-state index contributed by atoms with van der Waals surface area (Å²) >= 11 is 0. The van der Waals surface area contributed by atoms with Gasteiger partial charge in [0.15, 0.2) is 0 Å². The molecule has 0 aliphatic heterocycles. The van der Waals surface area contributed by atoms with Gasteiger partial charge in [-0.1, -0.05) is 79.6 Å². The Kier molecular flexibility index (Phi) is 10.6. The van der Waals surface area contributed by atoms with Gasteiger partial charge < -0.3 is 5.11 Å². The van der Waals surface area contributed by atoms with Gasteiger partial charge in [-0.15, -0.1) is 0 Å². The van der Waals surface area contributed by atoms with Gasteiger partial charge in [-0.25, -0.2) is 0 Å². The fraction of sp³-hybridized carbons (Fsp3) is 1.00. The maximum atomic E-state index is 10.4. The Labute approximate surface area is 128 Å². The summed E-state index contributed by atoms with van der Waals surface area (Å²) < 4.78 is 0. The van der Waals surface area contributed by atoms with E-state index in [1.54, 1.807) is 0 Å². The Morgan fingerprint density at radius 3 is 1.60 bits per heavy atom. The molecule has 0 aromatic carbocycles. The molecule has 1 heteroatoms. The highest BCUT2D eigenvalue weighted by molar-refractivity contribution is 4.73. The van der Waals surface area contributed by atoms with Crippen molar-refractivity contribution in [3.8, 4) is 0 Å². The zero-order chi connectivity index (χ0) is 15.6. The maximum Gasteiger partial charge on any atom is 0.0619 e. The quantitative estimate of drug-likeness (QED) is 0.452. The first-order chi connectivity index (χ1) is 9.23. The van der Waals surface area contributed by atoms with E-state index >= 15 is 0 Å². The van der Waals surface area contributed by atoms with Crippen molar-refractivity contribution in [3.05, 3.63) is 0 Å². The molecule has 0 aliphatic rings. The molecule has 2 atom stereocenters. The predicted octanol–water partition coefficient (Wildman–Crippen LogP) is 6.20. The highest BCUT2D eigenvalue weighted by atomic mass is 16.3. The van der Waals surface area contributed by atoms with Crippen LogP contribution in [0.5, 0.6) is 0 Å². The van der Waals surface area contributed by atoms with Crippen LogP contribution < -0.4 is 0 Å². The third kappa shape index (κ3) is 13.0. The summed E-state index contributed by atoms with van der Waals surface area (Å²) in [6.45, 7) is 13.5. The number of rotatable bonds is 12. The van der Waals surface area contributed by atoms with Gasteiger partial charge in [0.05, 0.1) is 5.60 Å². The van der Waals surface area contributed by atoms with Gasteiger partial charge in [-0.2, -0.15) is 0 Å². The molecule has 0 spiro atoms. The summed E-state index contributed by atoms with van der Waals surface area (Å²) in [6.07, 6.45) is 10.9. The zero-order valence-corrected chi connectivity index (χ0v) is 15.0. The molecule has 1 nitrogen and oxygen atoms in total. The molecule has 0 amide bonds. The van der Waals surface area contributed by atoms with E-state index in [9.17, 15) is 5.11 Å². The lowest BCUT2D eigenvalue weighted by molar-refractivity contribution is 0.0351. The Hall–Kier alpha value is -0.0400. The molecule has 20 heavy (non-hydrogen) atoms. The molecule has 0 aromatic rings. The van der Waals surface area contributed by atoms with E-state index in [1.165, 1.54) is 38.5 Å². The van der Waals surface area contributed by atoms with Gasteiger partial charge in [0.25, 0.3) is 0 Å². The first kappa shape index (κ1) is 20.0. The monoisotopic (exact) mass is 284 g/mol. The van der Waals surface area contributed by atoms with Gasteiger partial charge in [-0.05, 0) is 37.5 Å². The van der Waals surface area contributed by atoms with Crippen LogP contribution in [0.25, 0.3) is 0 Å². The van der Waals surface area contributed by atoms with Crippen LogP contribution in [0.1, 0.15) is 99.3 Å². The van der Waals surface area contributed by atoms with Crippen molar-refractivity contribution in [1.82, 2.24) is 0 Å². The lowest BCUT2D eigenvalue weighted by Gasteiger charge is -2.24. The van der Waals surface area contributed by atoms with Crippen LogP contribution in [0.15, 0.2) is 0 Å². The second-order valence-corrected chi connectivity index (χ2v) is 8.11. The molecule has 0 heterocycles. The van der Waals surface area contributed by atoms with Crippen molar-refractivity contribution in [2.24, 2.45) is 17.8 Å². The van der Waals surface area contributed by atoms with Crippen molar-refractivity contribution >= 4 is 0 Å². The molecule has 0 saturated carbocycles. The molecule has 2 unspecified atom stereocenters. The van der Waals surface area contributed by atoms with Crippen LogP contribution in [0.2, 0.25) is 0 Å². The molecular formula is C19H40O. The second-order valence-electron chi connectivity index (χ2n) is 8.11. The molecule has 122 valence electrons. The highest BCUT2D eigenvalue weighted by Crippen LogP contribution is 2.24. The van der Waals surface area contributed by atoms with Crippen molar-refractivity contribution in [2.75, 3.05) is 0 Å². The smallest absolute Gasteiger partial charge is 0.0619 e. The van der Waals surface area contributed by atoms with Crippen LogP contribution in [-0.2, 0) is 0 Å². The topological polar surface area (TPSA) is 20.2 Å². The van der Waals surface area contributed by atoms with Crippen LogP contribution >= 0.6 is 0 Å². The fourth-order valence-electron chi connectivity index (χ4n) is 2.87. The first-order valence-corrected chi connectivity index (χ1v) is 8.95. The van der Waals surface area contributed by atoms with Crippen LogP contribution in [0.4, 0.5) is 0 Å². The van der Waals surface area contributed by atoms with E-state index in [-0.39, 0.29) is 0 Å². The minimum atomic E-state index is -0.438. The van der Waals surface area contributed by atoms with E-state index in [2.05, 4.69) is 34.6 Å². The maximum absolute atomic E-state index is 10.4. The summed E-state index contributed by atoms with van der Waals surface area (Å²) in [6, 6.07) is 0. The predicted molar refractivity (Wildman–Crippen MR) is 91.0 cm³/mol. The van der Waals surface area contributed by atoms with E-state index in [0.29, 0.717) is 0 Å². The minimum absolute atomic E-state index is 0.438. The lowest BCUT2D eigenvalue weighted by atomic mass is 9.88. The van der Waals surface area contributed by atoms with Gasteiger partial charge in [-0.3, -0.25) is 0 Å². The van der Waals surface area contributed by atoms with Crippen LogP contribution in [0.3, 0.4) is 0 Å². The van der Waals surface area contributed by atoms with Crippen molar-refractivity contribution < 1.29 is 5.11 Å². The average Bonchev–Trinajstić information content (AvgIpc) is 2.27. The van der Waals surface area contributed by atoms with E-state index in [1.807, 2.05) is 6.92 Å². The molecule has 0 fully saturated rings. The van der Waals surface area contributed by atoms with Gasteiger partial charge in [0.2, 0.25) is 0 Å². The van der Waals surface area contributed by atoms with E-state index in [4.69, 9.17) is 0 Å². The molecule has 0 rings (SSSR count). The highest BCUT2D eigenvalue weighted by Gasteiger charge is 2.19. The van der Waals surface area contributed by atoms with Crippen molar-refractivity contribution in [1.29, 1.82) is 0 Å². The van der Waals surface area contributed by atoms with E-state index < -0.39 is 5.60 Å². The summed E-state index contributed by atoms with van der Waals surface area (Å²) in [4.78, 5) is 0. The summed E-state index contributed by atoms with van der Waals surface area (Å²) in [5, 5.41) is 10.4. The molecule has 0 aromatic heterocycles. The number of hydrogen-bond donors (Lipinski definition) is 1. The first-order valence-electron chi connectivity index (χ1n) is 8.95. The van der Waals surface area contributed by atoms with Gasteiger partial charge in [0.1, 0.15) is 0 Å².